The summed E-state index contributed by atoms with van der Waals surface area (Å²) in [5.74, 6) is 0.505. The molecule has 0 saturated heterocycles. The SMILES string of the molecule is CCCc1c[nH]n(CC(C)C)c1=O. The average molecular weight is 182 g/mol. The highest BCUT2D eigenvalue weighted by atomic mass is 16.1. The maximum Gasteiger partial charge on any atom is 0.269 e. The van der Waals surface area contributed by atoms with E-state index < -0.39 is 0 Å². The van der Waals surface area contributed by atoms with Gasteiger partial charge in [-0.2, -0.15) is 0 Å². The molecule has 0 fully saturated rings. The van der Waals surface area contributed by atoms with Crippen LogP contribution in [0.2, 0.25) is 0 Å². The highest BCUT2D eigenvalue weighted by molar-refractivity contribution is 5.04. The molecule has 0 unspecified atom stereocenters. The molecule has 1 rings (SSSR count). The zero-order chi connectivity index (χ0) is 9.84. The van der Waals surface area contributed by atoms with Crippen molar-refractivity contribution < 1.29 is 0 Å². The predicted octanol–water partition coefficient (Wildman–Crippen LogP) is 1.78. The minimum absolute atomic E-state index is 0.149. The summed E-state index contributed by atoms with van der Waals surface area (Å²) in [4.78, 5) is 11.6. The number of nitrogens with zero attached hydrogens (tertiary/aromatic N) is 1. The molecule has 0 aliphatic carbocycles. The van der Waals surface area contributed by atoms with Crippen LogP contribution in [0.25, 0.3) is 0 Å². The Morgan fingerprint density at radius 2 is 2.23 bits per heavy atom. The average Bonchev–Trinajstić information content (AvgIpc) is 2.36. The van der Waals surface area contributed by atoms with Crippen molar-refractivity contribution in [2.75, 3.05) is 0 Å². The fourth-order valence-corrected chi connectivity index (χ4v) is 1.40. The third-order valence-corrected chi connectivity index (χ3v) is 1.98. The van der Waals surface area contributed by atoms with Crippen LogP contribution >= 0.6 is 0 Å². The summed E-state index contributed by atoms with van der Waals surface area (Å²) in [7, 11) is 0. The summed E-state index contributed by atoms with van der Waals surface area (Å²) in [6, 6.07) is 0. The molecule has 0 aliphatic rings. The maximum atomic E-state index is 11.6. The zero-order valence-electron chi connectivity index (χ0n) is 8.63. The first kappa shape index (κ1) is 10.1. The second-order valence-corrected chi connectivity index (χ2v) is 3.86. The lowest BCUT2D eigenvalue weighted by atomic mass is 10.2. The van der Waals surface area contributed by atoms with Gasteiger partial charge >= 0.3 is 0 Å². The second-order valence-electron chi connectivity index (χ2n) is 3.86. The molecule has 1 heterocycles. The van der Waals surface area contributed by atoms with E-state index in [0.717, 1.165) is 24.9 Å². The molecule has 0 amide bonds. The van der Waals surface area contributed by atoms with Gasteiger partial charge in [0.25, 0.3) is 5.56 Å². The van der Waals surface area contributed by atoms with Crippen LogP contribution in [0.3, 0.4) is 0 Å². The van der Waals surface area contributed by atoms with Crippen molar-refractivity contribution in [1.82, 2.24) is 9.78 Å². The highest BCUT2D eigenvalue weighted by Crippen LogP contribution is 1.98. The van der Waals surface area contributed by atoms with Crippen molar-refractivity contribution in [1.29, 1.82) is 0 Å². The van der Waals surface area contributed by atoms with E-state index in [1.54, 1.807) is 4.68 Å². The Morgan fingerprint density at radius 3 is 2.77 bits per heavy atom. The summed E-state index contributed by atoms with van der Waals surface area (Å²) in [5.41, 5.74) is 1.05. The van der Waals surface area contributed by atoms with Gasteiger partial charge in [0.1, 0.15) is 0 Å². The number of hydrogen-bond acceptors (Lipinski definition) is 1. The van der Waals surface area contributed by atoms with Gasteiger partial charge in [-0.1, -0.05) is 27.2 Å². The molecule has 3 nitrogen and oxygen atoms in total. The number of aromatic nitrogens is 2. The van der Waals surface area contributed by atoms with Crippen molar-refractivity contribution in [3.8, 4) is 0 Å². The lowest BCUT2D eigenvalue weighted by molar-refractivity contribution is 0.472. The number of H-pyrrole nitrogens is 1. The molecule has 74 valence electrons. The summed E-state index contributed by atoms with van der Waals surface area (Å²) in [6.45, 7) is 7.07. The third kappa shape index (κ3) is 2.47. The molecule has 13 heavy (non-hydrogen) atoms. The minimum Gasteiger partial charge on any atom is -0.303 e. The molecule has 0 aliphatic heterocycles. The molecule has 0 spiro atoms. The Balaban J connectivity index is 2.80. The minimum atomic E-state index is 0.149. The molecule has 0 bridgehead atoms. The topological polar surface area (TPSA) is 37.8 Å². The molecular formula is C10H18N2O. The van der Waals surface area contributed by atoms with Gasteiger partial charge < -0.3 is 5.10 Å². The van der Waals surface area contributed by atoms with Crippen molar-refractivity contribution in [3.05, 3.63) is 22.1 Å². The van der Waals surface area contributed by atoms with E-state index in [0.29, 0.717) is 5.92 Å². The van der Waals surface area contributed by atoms with E-state index in [9.17, 15) is 4.79 Å². The van der Waals surface area contributed by atoms with Gasteiger partial charge in [-0.15, -0.1) is 0 Å². The van der Waals surface area contributed by atoms with Gasteiger partial charge in [0.2, 0.25) is 0 Å². The zero-order valence-corrected chi connectivity index (χ0v) is 8.63. The van der Waals surface area contributed by atoms with E-state index in [1.165, 1.54) is 0 Å². The van der Waals surface area contributed by atoms with Crippen LogP contribution in [-0.2, 0) is 13.0 Å². The smallest absolute Gasteiger partial charge is 0.269 e. The number of aryl methyl sites for hydroxylation is 1. The summed E-state index contributed by atoms with van der Waals surface area (Å²) < 4.78 is 1.69. The van der Waals surface area contributed by atoms with Crippen LogP contribution in [-0.4, -0.2) is 9.78 Å². The number of rotatable bonds is 4. The Labute approximate surface area is 78.8 Å². The van der Waals surface area contributed by atoms with Crippen LogP contribution in [0.1, 0.15) is 32.8 Å². The van der Waals surface area contributed by atoms with Crippen LogP contribution in [0.15, 0.2) is 11.0 Å². The molecule has 3 heteroatoms. The Hall–Kier alpha value is -0.990. The Morgan fingerprint density at radius 1 is 1.54 bits per heavy atom. The molecule has 0 atom stereocenters. The largest absolute Gasteiger partial charge is 0.303 e. The van der Waals surface area contributed by atoms with Crippen LogP contribution < -0.4 is 5.56 Å². The summed E-state index contributed by atoms with van der Waals surface area (Å²) in [5, 5.41) is 2.99. The predicted molar refractivity (Wildman–Crippen MR) is 53.9 cm³/mol. The van der Waals surface area contributed by atoms with E-state index in [-0.39, 0.29) is 5.56 Å². The van der Waals surface area contributed by atoms with Gasteiger partial charge in [0.05, 0.1) is 0 Å². The van der Waals surface area contributed by atoms with E-state index in [1.807, 2.05) is 6.20 Å². The molecule has 1 aromatic rings. The van der Waals surface area contributed by atoms with Gasteiger partial charge in [-0.3, -0.25) is 9.48 Å². The standard InChI is InChI=1S/C10H18N2O/c1-4-5-9-6-11-12(10(9)13)7-8(2)3/h6,8,11H,4-5,7H2,1-3H3. The van der Waals surface area contributed by atoms with Crippen molar-refractivity contribution in [3.63, 3.8) is 0 Å². The van der Waals surface area contributed by atoms with Gasteiger partial charge in [0, 0.05) is 18.3 Å². The molecule has 0 radical (unpaired) electrons. The van der Waals surface area contributed by atoms with Crippen molar-refractivity contribution in [2.45, 2.75) is 40.2 Å². The van der Waals surface area contributed by atoms with Gasteiger partial charge in [-0.25, -0.2) is 0 Å². The molecule has 1 aromatic heterocycles. The van der Waals surface area contributed by atoms with Crippen LogP contribution in [0, 0.1) is 5.92 Å². The second kappa shape index (κ2) is 4.30. The van der Waals surface area contributed by atoms with E-state index in [4.69, 9.17) is 0 Å². The summed E-state index contributed by atoms with van der Waals surface area (Å²) >= 11 is 0. The quantitative estimate of drug-likeness (QED) is 0.757. The highest BCUT2D eigenvalue weighted by Gasteiger charge is 2.05. The van der Waals surface area contributed by atoms with Crippen LogP contribution in [0.4, 0.5) is 0 Å². The molecule has 1 N–H and O–H groups in total. The third-order valence-electron chi connectivity index (χ3n) is 1.98. The van der Waals surface area contributed by atoms with Crippen molar-refractivity contribution >= 4 is 0 Å². The lowest BCUT2D eigenvalue weighted by Crippen LogP contribution is -2.21. The number of nitrogens with one attached hydrogen (secondary N) is 1. The molecule has 0 saturated carbocycles. The van der Waals surface area contributed by atoms with E-state index in [2.05, 4.69) is 25.9 Å². The van der Waals surface area contributed by atoms with Gasteiger partial charge in [-0.05, 0) is 12.3 Å². The number of aromatic amines is 1. The van der Waals surface area contributed by atoms with Crippen molar-refractivity contribution in [2.24, 2.45) is 5.92 Å². The summed E-state index contributed by atoms with van der Waals surface area (Å²) in [6.07, 6.45) is 3.73. The van der Waals surface area contributed by atoms with E-state index >= 15 is 0 Å². The van der Waals surface area contributed by atoms with Crippen LogP contribution in [0.5, 0.6) is 0 Å². The molecular weight excluding hydrogens is 164 g/mol. The fourth-order valence-electron chi connectivity index (χ4n) is 1.40. The first-order chi connectivity index (χ1) is 6.15. The van der Waals surface area contributed by atoms with Gasteiger partial charge in [0.15, 0.2) is 0 Å². The Kier molecular flexibility index (Phi) is 3.34. The fraction of sp³-hybridized carbons (Fsp3) is 0.700. The normalized spacial score (nSPS) is 11.1. The maximum absolute atomic E-state index is 11.6. The first-order valence-electron chi connectivity index (χ1n) is 4.92. The first-order valence-corrected chi connectivity index (χ1v) is 4.92. The Bertz CT molecular complexity index is 309. The lowest BCUT2D eigenvalue weighted by Gasteiger charge is -2.03. The molecule has 0 aromatic carbocycles. The monoisotopic (exact) mass is 182 g/mol. The number of hydrogen-bond donors (Lipinski definition) is 1.